The van der Waals surface area contributed by atoms with Gasteiger partial charge in [0.15, 0.2) is 11.7 Å². The summed E-state index contributed by atoms with van der Waals surface area (Å²) in [4.78, 5) is 9.23. The SMILES string of the molecule is CN=C(NCc1cc(C(C)C)no1)N1CCN(c2cccc(C)c2C)CC1.I. The first kappa shape index (κ1) is 22.5. The summed E-state index contributed by atoms with van der Waals surface area (Å²) in [6.45, 7) is 13.1. The summed E-state index contributed by atoms with van der Waals surface area (Å²) in [5.41, 5.74) is 5.06. The van der Waals surface area contributed by atoms with E-state index in [1.165, 1.54) is 16.8 Å². The minimum Gasteiger partial charge on any atom is -0.368 e. The summed E-state index contributed by atoms with van der Waals surface area (Å²) in [5.74, 6) is 2.13. The number of aryl methyl sites for hydroxylation is 1. The molecule has 0 bridgehead atoms. The normalized spacial score (nSPS) is 15.0. The number of halogens is 1. The van der Waals surface area contributed by atoms with Crippen molar-refractivity contribution < 1.29 is 4.52 Å². The fraction of sp³-hybridized carbons (Fsp3) is 0.524. The molecule has 28 heavy (non-hydrogen) atoms. The van der Waals surface area contributed by atoms with E-state index in [-0.39, 0.29) is 24.0 Å². The molecule has 1 N–H and O–H groups in total. The number of hydrogen-bond acceptors (Lipinski definition) is 4. The van der Waals surface area contributed by atoms with Crippen LogP contribution in [0.4, 0.5) is 5.69 Å². The Bertz CT molecular complexity index is 794. The molecule has 0 radical (unpaired) electrons. The second-order valence-corrected chi connectivity index (χ2v) is 7.47. The zero-order valence-electron chi connectivity index (χ0n) is 17.5. The van der Waals surface area contributed by atoms with Crippen molar-refractivity contribution in [2.24, 2.45) is 4.99 Å². The lowest BCUT2D eigenvalue weighted by Gasteiger charge is -2.38. The Morgan fingerprint density at radius 1 is 1.21 bits per heavy atom. The van der Waals surface area contributed by atoms with Crippen molar-refractivity contribution in [1.82, 2.24) is 15.4 Å². The van der Waals surface area contributed by atoms with E-state index in [2.05, 4.69) is 71.2 Å². The molecule has 7 heteroatoms. The maximum absolute atomic E-state index is 5.41. The smallest absolute Gasteiger partial charge is 0.194 e. The van der Waals surface area contributed by atoms with Crippen LogP contribution < -0.4 is 10.2 Å². The van der Waals surface area contributed by atoms with Crippen molar-refractivity contribution in [2.75, 3.05) is 38.1 Å². The fourth-order valence-corrected chi connectivity index (χ4v) is 3.42. The highest BCUT2D eigenvalue weighted by Gasteiger charge is 2.21. The summed E-state index contributed by atoms with van der Waals surface area (Å²) < 4.78 is 5.41. The number of aliphatic imine (C=N–C) groups is 1. The molecule has 154 valence electrons. The van der Waals surface area contributed by atoms with Crippen LogP contribution in [-0.4, -0.2) is 49.2 Å². The van der Waals surface area contributed by atoms with Crippen LogP contribution in [0.2, 0.25) is 0 Å². The van der Waals surface area contributed by atoms with Gasteiger partial charge in [0.1, 0.15) is 0 Å². The maximum atomic E-state index is 5.41. The van der Waals surface area contributed by atoms with E-state index in [9.17, 15) is 0 Å². The molecule has 0 amide bonds. The molecular formula is C21H32IN5O. The highest BCUT2D eigenvalue weighted by Crippen LogP contribution is 2.24. The Morgan fingerprint density at radius 2 is 1.93 bits per heavy atom. The van der Waals surface area contributed by atoms with Gasteiger partial charge in [-0.1, -0.05) is 31.1 Å². The number of hydrogen-bond donors (Lipinski definition) is 1. The van der Waals surface area contributed by atoms with Crippen LogP contribution in [0.25, 0.3) is 0 Å². The first-order valence-electron chi connectivity index (χ1n) is 9.72. The Morgan fingerprint density at radius 3 is 2.54 bits per heavy atom. The summed E-state index contributed by atoms with van der Waals surface area (Å²) >= 11 is 0. The lowest BCUT2D eigenvalue weighted by Crippen LogP contribution is -2.52. The third-order valence-corrected chi connectivity index (χ3v) is 5.30. The molecule has 0 atom stereocenters. The second kappa shape index (κ2) is 10.1. The van der Waals surface area contributed by atoms with E-state index >= 15 is 0 Å². The predicted octanol–water partition coefficient (Wildman–Crippen LogP) is 3.93. The molecule has 1 aliphatic heterocycles. The highest BCUT2D eigenvalue weighted by molar-refractivity contribution is 14.0. The molecular weight excluding hydrogens is 465 g/mol. The molecule has 0 aliphatic carbocycles. The zero-order chi connectivity index (χ0) is 19.4. The van der Waals surface area contributed by atoms with Crippen molar-refractivity contribution in [2.45, 2.75) is 40.2 Å². The first-order chi connectivity index (χ1) is 13.0. The fourth-order valence-electron chi connectivity index (χ4n) is 3.42. The Kier molecular flexibility index (Phi) is 8.15. The van der Waals surface area contributed by atoms with Gasteiger partial charge in [-0.3, -0.25) is 4.99 Å². The summed E-state index contributed by atoms with van der Waals surface area (Å²) in [6, 6.07) is 8.56. The van der Waals surface area contributed by atoms with Gasteiger partial charge in [0.2, 0.25) is 0 Å². The number of piperazine rings is 1. The van der Waals surface area contributed by atoms with Gasteiger partial charge in [0.05, 0.1) is 12.2 Å². The van der Waals surface area contributed by atoms with Crippen molar-refractivity contribution >= 4 is 35.6 Å². The number of nitrogens with zero attached hydrogens (tertiary/aromatic N) is 4. The third kappa shape index (κ3) is 5.18. The monoisotopic (exact) mass is 497 g/mol. The minimum absolute atomic E-state index is 0. The quantitative estimate of drug-likeness (QED) is 0.394. The van der Waals surface area contributed by atoms with Gasteiger partial charge in [-0.2, -0.15) is 0 Å². The average molecular weight is 497 g/mol. The molecule has 1 saturated heterocycles. The van der Waals surface area contributed by atoms with E-state index in [1.807, 2.05) is 13.1 Å². The standard InChI is InChI=1S/C21H31N5O.HI/c1-15(2)19-13-18(27-24-19)14-23-21(22-5)26-11-9-25(10-12-26)20-8-6-7-16(3)17(20)4;/h6-8,13,15H,9-12,14H2,1-5H3,(H,22,23);1H. The largest absolute Gasteiger partial charge is 0.368 e. The molecule has 1 fully saturated rings. The summed E-state index contributed by atoms with van der Waals surface area (Å²) in [6.07, 6.45) is 0. The highest BCUT2D eigenvalue weighted by atomic mass is 127. The van der Waals surface area contributed by atoms with Crippen LogP contribution in [0.15, 0.2) is 33.8 Å². The number of nitrogens with one attached hydrogen (secondary N) is 1. The van der Waals surface area contributed by atoms with Crippen LogP contribution in [-0.2, 0) is 6.54 Å². The third-order valence-electron chi connectivity index (χ3n) is 5.30. The average Bonchev–Trinajstić information content (AvgIpc) is 3.14. The molecule has 2 heterocycles. The van der Waals surface area contributed by atoms with Crippen LogP contribution in [0.5, 0.6) is 0 Å². The molecule has 0 spiro atoms. The first-order valence-corrected chi connectivity index (χ1v) is 9.72. The van der Waals surface area contributed by atoms with Crippen molar-refractivity contribution in [1.29, 1.82) is 0 Å². The number of anilines is 1. The summed E-state index contributed by atoms with van der Waals surface area (Å²) in [5, 5.41) is 7.52. The molecule has 3 rings (SSSR count). The van der Waals surface area contributed by atoms with Gasteiger partial charge in [-0.15, -0.1) is 24.0 Å². The molecule has 1 aromatic heterocycles. The number of guanidine groups is 1. The Balaban J connectivity index is 0.00000280. The van der Waals surface area contributed by atoms with E-state index in [0.717, 1.165) is 43.6 Å². The van der Waals surface area contributed by atoms with Gasteiger partial charge in [0, 0.05) is 45.0 Å². The van der Waals surface area contributed by atoms with Crippen molar-refractivity contribution in [3.8, 4) is 0 Å². The molecule has 1 aliphatic rings. The van der Waals surface area contributed by atoms with E-state index in [4.69, 9.17) is 4.52 Å². The topological polar surface area (TPSA) is 56.9 Å². The predicted molar refractivity (Wildman–Crippen MR) is 126 cm³/mol. The molecule has 0 unspecified atom stereocenters. The van der Waals surface area contributed by atoms with Crippen LogP contribution in [0.3, 0.4) is 0 Å². The zero-order valence-corrected chi connectivity index (χ0v) is 19.9. The van der Waals surface area contributed by atoms with Crippen molar-refractivity contribution in [3.05, 3.63) is 46.8 Å². The number of rotatable bonds is 4. The molecule has 6 nitrogen and oxygen atoms in total. The van der Waals surface area contributed by atoms with Gasteiger partial charge in [-0.05, 0) is 37.0 Å². The van der Waals surface area contributed by atoms with E-state index in [1.54, 1.807) is 0 Å². The minimum atomic E-state index is 0. The molecule has 2 aromatic rings. The van der Waals surface area contributed by atoms with Crippen LogP contribution >= 0.6 is 24.0 Å². The van der Waals surface area contributed by atoms with Gasteiger partial charge in [0.25, 0.3) is 0 Å². The summed E-state index contributed by atoms with van der Waals surface area (Å²) in [7, 11) is 1.83. The van der Waals surface area contributed by atoms with Gasteiger partial charge in [-0.25, -0.2) is 0 Å². The van der Waals surface area contributed by atoms with Gasteiger partial charge < -0.3 is 19.6 Å². The lowest BCUT2D eigenvalue weighted by molar-refractivity contribution is 0.355. The molecule has 1 aromatic carbocycles. The lowest BCUT2D eigenvalue weighted by atomic mass is 10.1. The second-order valence-electron chi connectivity index (χ2n) is 7.47. The van der Waals surface area contributed by atoms with E-state index < -0.39 is 0 Å². The Labute approximate surface area is 185 Å². The van der Waals surface area contributed by atoms with Crippen LogP contribution in [0.1, 0.15) is 42.3 Å². The van der Waals surface area contributed by atoms with Crippen molar-refractivity contribution in [3.63, 3.8) is 0 Å². The maximum Gasteiger partial charge on any atom is 0.194 e. The van der Waals surface area contributed by atoms with Gasteiger partial charge >= 0.3 is 0 Å². The molecule has 0 saturated carbocycles. The van der Waals surface area contributed by atoms with Crippen LogP contribution in [0, 0.1) is 13.8 Å². The Hall–Kier alpha value is -1.77. The number of aromatic nitrogens is 1. The number of benzene rings is 1. The van der Waals surface area contributed by atoms with E-state index in [0.29, 0.717) is 12.5 Å².